The van der Waals surface area contributed by atoms with E-state index in [2.05, 4.69) is 0 Å². The van der Waals surface area contributed by atoms with E-state index in [1.165, 1.54) is 4.90 Å². The zero-order valence-corrected chi connectivity index (χ0v) is 10.8. The molecular formula is C13H20N2O3. The summed E-state index contributed by atoms with van der Waals surface area (Å²) in [5.41, 5.74) is 6.61. The summed E-state index contributed by atoms with van der Waals surface area (Å²) in [6.07, 6.45) is 0. The van der Waals surface area contributed by atoms with Crippen molar-refractivity contribution in [3.63, 3.8) is 0 Å². The van der Waals surface area contributed by atoms with Crippen LogP contribution in [0, 0.1) is 0 Å². The minimum Gasteiger partial charge on any atom is -0.493 e. The van der Waals surface area contributed by atoms with Crippen molar-refractivity contribution in [3.8, 4) is 5.75 Å². The summed E-state index contributed by atoms with van der Waals surface area (Å²) in [4.78, 5) is 13.9. The van der Waals surface area contributed by atoms with Crippen molar-refractivity contribution in [1.29, 1.82) is 0 Å². The molecule has 0 aliphatic carbocycles. The van der Waals surface area contributed by atoms with E-state index in [0.29, 0.717) is 30.2 Å². The second-order valence-corrected chi connectivity index (χ2v) is 3.76. The number of aliphatic hydroxyl groups is 1. The number of hydrogen-bond acceptors (Lipinski definition) is 4. The molecule has 100 valence electrons. The number of rotatable bonds is 6. The lowest BCUT2D eigenvalue weighted by atomic mass is 10.1. The number of nitrogens with two attached hydrogens (primary N) is 1. The zero-order valence-electron chi connectivity index (χ0n) is 10.8. The average Bonchev–Trinajstić information content (AvgIpc) is 2.36. The fraction of sp³-hybridized carbons (Fsp3) is 0.462. The summed E-state index contributed by atoms with van der Waals surface area (Å²) in [5.74, 6) is 0.270. The predicted octanol–water partition coefficient (Wildman–Crippen LogP) is 1.12. The maximum absolute atomic E-state index is 12.3. The van der Waals surface area contributed by atoms with E-state index in [0.717, 1.165) is 0 Å². The first kappa shape index (κ1) is 14.3. The Morgan fingerprint density at radius 1 is 1.44 bits per heavy atom. The van der Waals surface area contributed by atoms with Gasteiger partial charge < -0.3 is 20.5 Å². The number of nitrogens with zero attached hydrogens (tertiary/aromatic N) is 1. The third-order valence-corrected chi connectivity index (χ3v) is 2.61. The highest BCUT2D eigenvalue weighted by molar-refractivity contribution is 6.01. The van der Waals surface area contributed by atoms with Crippen LogP contribution in [0.3, 0.4) is 0 Å². The highest BCUT2D eigenvalue weighted by atomic mass is 16.5. The molecule has 1 aromatic rings. The average molecular weight is 252 g/mol. The summed E-state index contributed by atoms with van der Waals surface area (Å²) in [7, 11) is 0. The molecule has 0 saturated carbocycles. The van der Waals surface area contributed by atoms with Gasteiger partial charge in [0.15, 0.2) is 0 Å². The third kappa shape index (κ3) is 3.13. The van der Waals surface area contributed by atoms with Crippen molar-refractivity contribution in [2.75, 3.05) is 32.0 Å². The topological polar surface area (TPSA) is 75.8 Å². The van der Waals surface area contributed by atoms with Gasteiger partial charge in [-0.2, -0.15) is 0 Å². The smallest absolute Gasteiger partial charge is 0.259 e. The molecule has 0 radical (unpaired) electrons. The van der Waals surface area contributed by atoms with Crippen molar-refractivity contribution in [1.82, 2.24) is 4.90 Å². The maximum atomic E-state index is 12.3. The van der Waals surface area contributed by atoms with Crippen LogP contribution in [0.2, 0.25) is 0 Å². The zero-order chi connectivity index (χ0) is 13.5. The molecule has 1 aromatic carbocycles. The molecule has 5 nitrogen and oxygen atoms in total. The van der Waals surface area contributed by atoms with E-state index in [4.69, 9.17) is 15.6 Å². The molecule has 0 aromatic heterocycles. The van der Waals surface area contributed by atoms with Gasteiger partial charge in [0.1, 0.15) is 11.3 Å². The summed E-state index contributed by atoms with van der Waals surface area (Å²) in [6, 6.07) is 5.14. The molecule has 0 spiro atoms. The quantitative estimate of drug-likeness (QED) is 0.744. The molecule has 1 amide bonds. The second kappa shape index (κ2) is 6.86. The number of likely N-dealkylation sites (N-methyl/N-ethyl adjacent to an activating group) is 1. The first-order valence-electron chi connectivity index (χ1n) is 6.07. The number of hydrogen-bond donors (Lipinski definition) is 2. The number of carbonyl (C=O) groups is 1. The van der Waals surface area contributed by atoms with Gasteiger partial charge in [-0.15, -0.1) is 0 Å². The summed E-state index contributed by atoms with van der Waals surface area (Å²) >= 11 is 0. The minimum absolute atomic E-state index is 0.0731. The van der Waals surface area contributed by atoms with Crippen LogP contribution < -0.4 is 10.5 Å². The molecule has 5 heteroatoms. The normalized spacial score (nSPS) is 10.2. The predicted molar refractivity (Wildman–Crippen MR) is 70.7 cm³/mol. The summed E-state index contributed by atoms with van der Waals surface area (Å²) in [6.45, 7) is 4.90. The van der Waals surface area contributed by atoms with E-state index in [-0.39, 0.29) is 19.1 Å². The van der Waals surface area contributed by atoms with Crippen LogP contribution in [-0.2, 0) is 0 Å². The number of benzene rings is 1. The first-order valence-corrected chi connectivity index (χ1v) is 6.07. The Labute approximate surface area is 107 Å². The molecule has 0 aliphatic rings. The Kier molecular flexibility index (Phi) is 5.45. The van der Waals surface area contributed by atoms with Gasteiger partial charge in [-0.25, -0.2) is 0 Å². The van der Waals surface area contributed by atoms with Crippen LogP contribution >= 0.6 is 0 Å². The number of amides is 1. The van der Waals surface area contributed by atoms with Crippen LogP contribution in [0.4, 0.5) is 5.69 Å². The van der Waals surface area contributed by atoms with Gasteiger partial charge in [0.25, 0.3) is 5.91 Å². The molecule has 1 rings (SSSR count). The molecule has 3 N–H and O–H groups in total. The molecule has 0 fully saturated rings. The molecule has 0 aliphatic heterocycles. The Morgan fingerprint density at radius 2 is 2.17 bits per heavy atom. The van der Waals surface area contributed by atoms with Crippen LogP contribution in [0.5, 0.6) is 5.75 Å². The summed E-state index contributed by atoms with van der Waals surface area (Å²) < 4.78 is 5.42. The molecule has 0 atom stereocenters. The van der Waals surface area contributed by atoms with E-state index in [9.17, 15) is 4.79 Å². The Morgan fingerprint density at radius 3 is 2.72 bits per heavy atom. The van der Waals surface area contributed by atoms with Gasteiger partial charge in [0.2, 0.25) is 0 Å². The molecule has 0 bridgehead atoms. The molecule has 0 heterocycles. The SMILES string of the molecule is CCOc1cccc(N)c1C(=O)N(CC)CCO. The minimum atomic E-state index is -0.215. The highest BCUT2D eigenvalue weighted by Crippen LogP contribution is 2.26. The first-order chi connectivity index (χ1) is 8.65. The number of aliphatic hydroxyl groups excluding tert-OH is 1. The lowest BCUT2D eigenvalue weighted by Crippen LogP contribution is -2.34. The van der Waals surface area contributed by atoms with E-state index in [1.54, 1.807) is 18.2 Å². The van der Waals surface area contributed by atoms with E-state index >= 15 is 0 Å². The van der Waals surface area contributed by atoms with E-state index < -0.39 is 0 Å². The largest absolute Gasteiger partial charge is 0.493 e. The molecule has 0 unspecified atom stereocenters. The maximum Gasteiger partial charge on any atom is 0.259 e. The third-order valence-electron chi connectivity index (χ3n) is 2.61. The number of carbonyl (C=O) groups excluding carboxylic acids is 1. The Balaban J connectivity index is 3.09. The van der Waals surface area contributed by atoms with Crippen LogP contribution in [-0.4, -0.2) is 42.2 Å². The van der Waals surface area contributed by atoms with Crippen molar-refractivity contribution in [2.45, 2.75) is 13.8 Å². The van der Waals surface area contributed by atoms with Gasteiger partial charge in [-0.1, -0.05) is 6.07 Å². The monoisotopic (exact) mass is 252 g/mol. The van der Waals surface area contributed by atoms with Crippen molar-refractivity contribution >= 4 is 11.6 Å². The fourth-order valence-corrected chi connectivity index (χ4v) is 1.73. The van der Waals surface area contributed by atoms with Gasteiger partial charge in [0.05, 0.1) is 13.2 Å². The van der Waals surface area contributed by atoms with Crippen LogP contribution in [0.1, 0.15) is 24.2 Å². The number of ether oxygens (including phenoxy) is 1. The second-order valence-electron chi connectivity index (χ2n) is 3.76. The van der Waals surface area contributed by atoms with Crippen molar-refractivity contribution < 1.29 is 14.6 Å². The highest BCUT2D eigenvalue weighted by Gasteiger charge is 2.20. The van der Waals surface area contributed by atoms with Gasteiger partial charge in [-0.05, 0) is 26.0 Å². The van der Waals surface area contributed by atoms with Gasteiger partial charge in [-0.3, -0.25) is 4.79 Å². The fourth-order valence-electron chi connectivity index (χ4n) is 1.73. The standard InChI is InChI=1S/C13H20N2O3/c1-3-15(8-9-16)13(17)12-10(14)6-5-7-11(12)18-4-2/h5-7,16H,3-4,8-9,14H2,1-2H3. The molecular weight excluding hydrogens is 232 g/mol. The van der Waals surface area contributed by atoms with E-state index in [1.807, 2.05) is 13.8 Å². The summed E-state index contributed by atoms with van der Waals surface area (Å²) in [5, 5.41) is 8.95. The van der Waals surface area contributed by atoms with Crippen LogP contribution in [0.15, 0.2) is 18.2 Å². The van der Waals surface area contributed by atoms with Gasteiger partial charge in [0, 0.05) is 18.8 Å². The lowest BCUT2D eigenvalue weighted by molar-refractivity contribution is 0.0729. The molecule has 18 heavy (non-hydrogen) atoms. The van der Waals surface area contributed by atoms with Crippen molar-refractivity contribution in [2.24, 2.45) is 0 Å². The van der Waals surface area contributed by atoms with Gasteiger partial charge >= 0.3 is 0 Å². The Hall–Kier alpha value is -1.75. The lowest BCUT2D eigenvalue weighted by Gasteiger charge is -2.22. The molecule has 0 saturated heterocycles. The number of anilines is 1. The number of nitrogen functional groups attached to an aromatic ring is 1. The van der Waals surface area contributed by atoms with Crippen molar-refractivity contribution in [3.05, 3.63) is 23.8 Å². The Bertz CT molecular complexity index is 407. The van der Waals surface area contributed by atoms with Crippen LogP contribution in [0.25, 0.3) is 0 Å².